The van der Waals surface area contributed by atoms with Crippen LogP contribution < -0.4 is 0 Å². The third kappa shape index (κ3) is 2.43. The van der Waals surface area contributed by atoms with Crippen molar-refractivity contribution < 1.29 is 0 Å². The highest BCUT2D eigenvalue weighted by molar-refractivity contribution is 9.10. The first-order valence-electron chi connectivity index (χ1n) is 6.10. The van der Waals surface area contributed by atoms with Gasteiger partial charge in [0.15, 0.2) is 0 Å². The molecule has 0 N–H and O–H groups in total. The molecule has 1 fully saturated rings. The Labute approximate surface area is 124 Å². The van der Waals surface area contributed by atoms with E-state index in [1.165, 1.54) is 24.1 Å². The molecule has 18 heavy (non-hydrogen) atoms. The molecule has 0 aliphatic carbocycles. The van der Waals surface area contributed by atoms with E-state index in [0.29, 0.717) is 11.1 Å². The summed E-state index contributed by atoms with van der Waals surface area (Å²) in [6, 6.07) is 6.22. The second-order valence-electron chi connectivity index (χ2n) is 4.54. The molecule has 3 rings (SSSR count). The lowest BCUT2D eigenvalue weighted by Gasteiger charge is -2.12. The van der Waals surface area contributed by atoms with Crippen molar-refractivity contribution in [2.75, 3.05) is 5.75 Å². The Morgan fingerprint density at radius 2 is 2.39 bits per heavy atom. The Bertz CT molecular complexity index is 563. The van der Waals surface area contributed by atoms with Crippen LogP contribution in [-0.2, 0) is 12.4 Å². The van der Waals surface area contributed by atoms with Gasteiger partial charge in [-0.1, -0.05) is 15.9 Å². The topological polar surface area (TPSA) is 17.8 Å². The number of benzene rings is 1. The molecule has 0 amide bonds. The van der Waals surface area contributed by atoms with E-state index in [1.807, 2.05) is 12.1 Å². The van der Waals surface area contributed by atoms with Gasteiger partial charge in [0.25, 0.3) is 0 Å². The molecule has 1 aliphatic heterocycles. The summed E-state index contributed by atoms with van der Waals surface area (Å²) in [5.74, 6) is 2.75. The number of hydrogen-bond acceptors (Lipinski definition) is 2. The van der Waals surface area contributed by atoms with E-state index < -0.39 is 0 Å². The first-order valence-corrected chi connectivity index (χ1v) is 8.48. The van der Waals surface area contributed by atoms with Crippen molar-refractivity contribution in [3.05, 3.63) is 28.5 Å². The fraction of sp³-hybridized carbons (Fsp3) is 0.462. The van der Waals surface area contributed by atoms with Gasteiger partial charge in [-0.2, -0.15) is 11.8 Å². The van der Waals surface area contributed by atoms with Crippen molar-refractivity contribution in [1.29, 1.82) is 0 Å². The van der Waals surface area contributed by atoms with Crippen LogP contribution in [0.1, 0.15) is 18.7 Å². The second kappa shape index (κ2) is 5.43. The smallest absolute Gasteiger partial charge is 0.124 e. The van der Waals surface area contributed by atoms with E-state index in [0.717, 1.165) is 22.4 Å². The molecular weight excluding hydrogens is 332 g/mol. The molecule has 1 aromatic carbocycles. The quantitative estimate of drug-likeness (QED) is 0.766. The maximum absolute atomic E-state index is 6.03. The Kier molecular flexibility index (Phi) is 3.87. The molecule has 0 bridgehead atoms. The zero-order valence-corrected chi connectivity index (χ0v) is 13.1. The fourth-order valence-corrected chi connectivity index (χ4v) is 4.25. The highest BCUT2D eigenvalue weighted by Crippen LogP contribution is 2.30. The van der Waals surface area contributed by atoms with E-state index in [-0.39, 0.29) is 0 Å². The minimum atomic E-state index is 0.476. The Morgan fingerprint density at radius 1 is 1.50 bits per heavy atom. The van der Waals surface area contributed by atoms with Crippen LogP contribution in [0.25, 0.3) is 11.0 Å². The number of rotatable bonds is 3. The summed E-state index contributed by atoms with van der Waals surface area (Å²) in [7, 11) is 0. The SMILES string of the molecule is ClCc1nc2ccc(Br)cc2n1CC1CCCS1. The Hall–Kier alpha value is -0.190. The lowest BCUT2D eigenvalue weighted by atomic mass is 10.2. The molecule has 2 nitrogen and oxygen atoms in total. The maximum atomic E-state index is 6.03. The van der Waals surface area contributed by atoms with Gasteiger partial charge in [0, 0.05) is 16.3 Å². The molecule has 1 aliphatic rings. The average Bonchev–Trinajstić information content (AvgIpc) is 2.98. The van der Waals surface area contributed by atoms with Crippen LogP contribution >= 0.6 is 39.3 Å². The Balaban J connectivity index is 2.03. The third-order valence-corrected chi connectivity index (χ3v) is 5.43. The first-order chi connectivity index (χ1) is 8.78. The van der Waals surface area contributed by atoms with Crippen LogP contribution in [0.3, 0.4) is 0 Å². The molecule has 5 heteroatoms. The number of thioether (sulfide) groups is 1. The van der Waals surface area contributed by atoms with Crippen molar-refractivity contribution in [1.82, 2.24) is 9.55 Å². The van der Waals surface area contributed by atoms with Crippen molar-refractivity contribution in [3.8, 4) is 0 Å². The van der Waals surface area contributed by atoms with Gasteiger partial charge in [-0.05, 0) is 36.8 Å². The molecule has 2 heterocycles. The molecule has 2 aromatic rings. The summed E-state index contributed by atoms with van der Waals surface area (Å²) in [5, 5.41) is 0.711. The fourth-order valence-electron chi connectivity index (χ4n) is 2.44. The van der Waals surface area contributed by atoms with Gasteiger partial charge in [0.2, 0.25) is 0 Å². The van der Waals surface area contributed by atoms with E-state index in [2.05, 4.69) is 43.3 Å². The monoisotopic (exact) mass is 344 g/mol. The summed E-state index contributed by atoms with van der Waals surface area (Å²) in [6.45, 7) is 1.03. The summed E-state index contributed by atoms with van der Waals surface area (Å²) < 4.78 is 3.38. The summed E-state index contributed by atoms with van der Waals surface area (Å²) in [6.07, 6.45) is 2.64. The van der Waals surface area contributed by atoms with Gasteiger partial charge in [-0.15, -0.1) is 11.6 Å². The molecule has 1 aromatic heterocycles. The van der Waals surface area contributed by atoms with Crippen LogP contribution in [0.5, 0.6) is 0 Å². The molecule has 1 saturated heterocycles. The number of hydrogen-bond donors (Lipinski definition) is 0. The largest absolute Gasteiger partial charge is 0.326 e. The minimum Gasteiger partial charge on any atom is -0.326 e. The van der Waals surface area contributed by atoms with Gasteiger partial charge in [0.1, 0.15) is 5.82 Å². The zero-order valence-electron chi connectivity index (χ0n) is 9.90. The predicted octanol–water partition coefficient (Wildman–Crippen LogP) is 4.43. The predicted molar refractivity (Wildman–Crippen MR) is 82.5 cm³/mol. The average molecular weight is 346 g/mol. The van der Waals surface area contributed by atoms with Crippen LogP contribution in [0.2, 0.25) is 0 Å². The molecule has 1 unspecified atom stereocenters. The van der Waals surface area contributed by atoms with Gasteiger partial charge < -0.3 is 4.57 Å². The van der Waals surface area contributed by atoms with Gasteiger partial charge in [-0.3, -0.25) is 0 Å². The molecule has 0 spiro atoms. The van der Waals surface area contributed by atoms with Crippen LogP contribution in [0.15, 0.2) is 22.7 Å². The number of aromatic nitrogens is 2. The normalized spacial score (nSPS) is 19.8. The number of halogens is 2. The summed E-state index contributed by atoms with van der Waals surface area (Å²) in [4.78, 5) is 4.62. The van der Waals surface area contributed by atoms with Crippen molar-refractivity contribution in [2.24, 2.45) is 0 Å². The molecule has 0 radical (unpaired) electrons. The van der Waals surface area contributed by atoms with Crippen molar-refractivity contribution in [3.63, 3.8) is 0 Å². The van der Waals surface area contributed by atoms with Crippen molar-refractivity contribution in [2.45, 2.75) is 30.5 Å². The second-order valence-corrected chi connectivity index (χ2v) is 7.13. The van der Waals surface area contributed by atoms with E-state index in [1.54, 1.807) is 0 Å². The van der Waals surface area contributed by atoms with Gasteiger partial charge in [-0.25, -0.2) is 4.98 Å². The first kappa shape index (κ1) is 12.8. The van der Waals surface area contributed by atoms with Gasteiger partial charge >= 0.3 is 0 Å². The van der Waals surface area contributed by atoms with Gasteiger partial charge in [0.05, 0.1) is 16.9 Å². The van der Waals surface area contributed by atoms with E-state index >= 15 is 0 Å². The standard InChI is InChI=1S/C13H14BrClN2S/c14-9-3-4-11-12(6-9)17(13(7-15)16-11)8-10-2-1-5-18-10/h3-4,6,10H,1-2,5,7-8H2. The number of imidazole rings is 1. The highest BCUT2D eigenvalue weighted by atomic mass is 79.9. The molecular formula is C13H14BrClN2S. The minimum absolute atomic E-state index is 0.476. The highest BCUT2D eigenvalue weighted by Gasteiger charge is 2.19. The molecule has 0 saturated carbocycles. The van der Waals surface area contributed by atoms with E-state index in [9.17, 15) is 0 Å². The summed E-state index contributed by atoms with van der Waals surface area (Å²) in [5.41, 5.74) is 2.23. The number of nitrogens with zero attached hydrogens (tertiary/aromatic N) is 2. The Morgan fingerprint density at radius 3 is 3.11 bits per heavy atom. The lowest BCUT2D eigenvalue weighted by Crippen LogP contribution is -2.12. The molecule has 96 valence electrons. The lowest BCUT2D eigenvalue weighted by molar-refractivity contribution is 0.634. The molecule has 1 atom stereocenters. The number of alkyl halides is 1. The van der Waals surface area contributed by atoms with Crippen LogP contribution in [0, 0.1) is 0 Å². The maximum Gasteiger partial charge on any atom is 0.124 e. The van der Waals surface area contributed by atoms with Crippen LogP contribution in [-0.4, -0.2) is 20.6 Å². The third-order valence-electron chi connectivity index (χ3n) is 3.32. The summed E-state index contributed by atoms with van der Waals surface area (Å²) >= 11 is 11.6. The van der Waals surface area contributed by atoms with Crippen LogP contribution in [0.4, 0.5) is 0 Å². The van der Waals surface area contributed by atoms with E-state index in [4.69, 9.17) is 11.6 Å². The van der Waals surface area contributed by atoms with Crippen molar-refractivity contribution >= 4 is 50.3 Å². The number of fused-ring (bicyclic) bond motifs is 1. The zero-order chi connectivity index (χ0) is 12.5.